The van der Waals surface area contributed by atoms with E-state index in [1.807, 2.05) is 17.9 Å². The fraction of sp³-hybridized carbons (Fsp3) is 0.400. The van der Waals surface area contributed by atoms with Gasteiger partial charge < -0.3 is 10.6 Å². The van der Waals surface area contributed by atoms with Gasteiger partial charge in [-0.25, -0.2) is 4.39 Å². The number of anilines is 1. The zero-order chi connectivity index (χ0) is 9.68. The molecule has 0 atom stereocenters. The van der Waals surface area contributed by atoms with Crippen LogP contribution in [0.25, 0.3) is 0 Å². The van der Waals surface area contributed by atoms with Gasteiger partial charge in [-0.15, -0.1) is 0 Å². The molecule has 0 bridgehead atoms. The van der Waals surface area contributed by atoms with E-state index in [2.05, 4.69) is 0 Å². The van der Waals surface area contributed by atoms with Gasteiger partial charge in [0.1, 0.15) is 5.82 Å². The van der Waals surface area contributed by atoms with Crippen LogP contribution in [0, 0.1) is 5.82 Å². The summed E-state index contributed by atoms with van der Waals surface area (Å²) in [5.74, 6) is -0.201. The van der Waals surface area contributed by atoms with Crippen molar-refractivity contribution < 1.29 is 4.39 Å². The van der Waals surface area contributed by atoms with Crippen molar-refractivity contribution in [3.63, 3.8) is 0 Å². The minimum Gasteiger partial charge on any atom is -0.370 e. The van der Waals surface area contributed by atoms with E-state index in [0.29, 0.717) is 6.54 Å². The van der Waals surface area contributed by atoms with Gasteiger partial charge in [-0.05, 0) is 25.1 Å². The van der Waals surface area contributed by atoms with Gasteiger partial charge in [0.15, 0.2) is 0 Å². The monoisotopic (exact) mass is 182 g/mol. The Hall–Kier alpha value is -1.09. The average molecular weight is 182 g/mol. The number of likely N-dealkylation sites (N-methyl/N-ethyl adjacent to an activating group) is 1. The van der Waals surface area contributed by atoms with Crippen molar-refractivity contribution in [3.05, 3.63) is 30.1 Å². The first-order valence-electron chi connectivity index (χ1n) is 4.48. The Balaban J connectivity index is 2.78. The number of nitrogens with two attached hydrogens (primary N) is 1. The first-order valence-corrected chi connectivity index (χ1v) is 4.48. The van der Waals surface area contributed by atoms with Gasteiger partial charge in [-0.2, -0.15) is 0 Å². The van der Waals surface area contributed by atoms with Crippen LogP contribution in [-0.2, 0) is 0 Å². The molecule has 1 aromatic rings. The number of hydrogen-bond donors (Lipinski definition) is 1. The third-order valence-corrected chi connectivity index (χ3v) is 1.95. The molecule has 1 aromatic carbocycles. The first-order chi connectivity index (χ1) is 6.27. The van der Waals surface area contributed by atoms with Crippen molar-refractivity contribution in [3.8, 4) is 0 Å². The molecule has 13 heavy (non-hydrogen) atoms. The maximum absolute atomic E-state index is 12.8. The molecular weight excluding hydrogens is 167 g/mol. The molecule has 0 unspecified atom stereocenters. The normalized spacial score (nSPS) is 10.1. The van der Waals surface area contributed by atoms with Crippen LogP contribution in [0.5, 0.6) is 0 Å². The highest BCUT2D eigenvalue weighted by Crippen LogP contribution is 2.14. The standard InChI is InChI=1S/C10H15FN2/c1-2-13(7-6-12)10-5-3-4-9(11)8-10/h3-5,8H,2,6-7,12H2,1H3. The van der Waals surface area contributed by atoms with Crippen LogP contribution in [-0.4, -0.2) is 19.6 Å². The van der Waals surface area contributed by atoms with Crippen LogP contribution >= 0.6 is 0 Å². The van der Waals surface area contributed by atoms with Gasteiger partial charge in [0.2, 0.25) is 0 Å². The molecule has 0 saturated carbocycles. The third kappa shape index (κ3) is 2.70. The molecule has 3 heteroatoms. The van der Waals surface area contributed by atoms with Gasteiger partial charge in [0.05, 0.1) is 0 Å². The molecule has 0 saturated heterocycles. The van der Waals surface area contributed by atoms with E-state index in [4.69, 9.17) is 5.73 Å². The van der Waals surface area contributed by atoms with E-state index < -0.39 is 0 Å². The van der Waals surface area contributed by atoms with Gasteiger partial charge in [-0.3, -0.25) is 0 Å². The van der Waals surface area contributed by atoms with Crippen molar-refractivity contribution in [2.45, 2.75) is 6.92 Å². The first kappa shape index (κ1) is 9.99. The summed E-state index contributed by atoms with van der Waals surface area (Å²) < 4.78 is 12.8. The number of halogens is 1. The molecule has 2 nitrogen and oxygen atoms in total. The Kier molecular flexibility index (Phi) is 3.71. The number of rotatable bonds is 4. The summed E-state index contributed by atoms with van der Waals surface area (Å²) in [6, 6.07) is 6.57. The van der Waals surface area contributed by atoms with Crippen LogP contribution in [0.2, 0.25) is 0 Å². The molecule has 0 spiro atoms. The second-order valence-electron chi connectivity index (χ2n) is 2.85. The molecule has 0 aliphatic heterocycles. The van der Waals surface area contributed by atoms with Crippen molar-refractivity contribution in [2.75, 3.05) is 24.5 Å². The minimum absolute atomic E-state index is 0.201. The highest BCUT2D eigenvalue weighted by molar-refractivity contribution is 5.46. The lowest BCUT2D eigenvalue weighted by atomic mass is 10.3. The Morgan fingerprint density at radius 1 is 1.46 bits per heavy atom. The van der Waals surface area contributed by atoms with Gasteiger partial charge in [0.25, 0.3) is 0 Å². The SMILES string of the molecule is CCN(CCN)c1cccc(F)c1. The minimum atomic E-state index is -0.201. The predicted octanol–water partition coefficient (Wildman–Crippen LogP) is 1.61. The van der Waals surface area contributed by atoms with E-state index in [-0.39, 0.29) is 5.82 Å². The molecule has 2 N–H and O–H groups in total. The molecule has 0 aromatic heterocycles. The molecule has 0 radical (unpaired) electrons. The zero-order valence-corrected chi connectivity index (χ0v) is 7.83. The maximum atomic E-state index is 12.8. The Bertz CT molecular complexity index is 263. The molecule has 0 amide bonds. The molecule has 1 rings (SSSR count). The smallest absolute Gasteiger partial charge is 0.125 e. The van der Waals surface area contributed by atoms with Crippen LogP contribution < -0.4 is 10.6 Å². The fourth-order valence-corrected chi connectivity index (χ4v) is 1.30. The lowest BCUT2D eigenvalue weighted by molar-refractivity contribution is 0.626. The summed E-state index contributed by atoms with van der Waals surface area (Å²) in [5, 5.41) is 0. The van der Waals surface area contributed by atoms with E-state index in [9.17, 15) is 4.39 Å². The van der Waals surface area contributed by atoms with Crippen molar-refractivity contribution in [2.24, 2.45) is 5.73 Å². The Morgan fingerprint density at radius 2 is 2.23 bits per heavy atom. The summed E-state index contributed by atoms with van der Waals surface area (Å²) in [5.41, 5.74) is 6.34. The largest absolute Gasteiger partial charge is 0.370 e. The van der Waals surface area contributed by atoms with Gasteiger partial charge in [-0.1, -0.05) is 6.07 Å². The lowest BCUT2D eigenvalue weighted by Crippen LogP contribution is -2.29. The summed E-state index contributed by atoms with van der Waals surface area (Å²) in [7, 11) is 0. The van der Waals surface area contributed by atoms with Gasteiger partial charge in [0, 0.05) is 25.3 Å². The Morgan fingerprint density at radius 3 is 2.77 bits per heavy atom. The molecular formula is C10H15FN2. The predicted molar refractivity (Wildman–Crippen MR) is 53.3 cm³/mol. The average Bonchev–Trinajstić information content (AvgIpc) is 2.14. The van der Waals surface area contributed by atoms with Crippen molar-refractivity contribution in [1.29, 1.82) is 0 Å². The molecule has 0 aliphatic carbocycles. The lowest BCUT2D eigenvalue weighted by Gasteiger charge is -2.21. The molecule has 0 aliphatic rings. The van der Waals surface area contributed by atoms with E-state index in [1.165, 1.54) is 12.1 Å². The van der Waals surface area contributed by atoms with E-state index >= 15 is 0 Å². The maximum Gasteiger partial charge on any atom is 0.125 e. The summed E-state index contributed by atoms with van der Waals surface area (Å²) in [6.45, 7) is 4.23. The highest BCUT2D eigenvalue weighted by Gasteiger charge is 2.02. The van der Waals surface area contributed by atoms with E-state index in [1.54, 1.807) is 6.07 Å². The fourth-order valence-electron chi connectivity index (χ4n) is 1.30. The van der Waals surface area contributed by atoms with Crippen LogP contribution in [0.15, 0.2) is 24.3 Å². The Labute approximate surface area is 78.2 Å². The van der Waals surface area contributed by atoms with Crippen LogP contribution in [0.3, 0.4) is 0 Å². The quantitative estimate of drug-likeness (QED) is 0.766. The van der Waals surface area contributed by atoms with Crippen LogP contribution in [0.4, 0.5) is 10.1 Å². The zero-order valence-electron chi connectivity index (χ0n) is 7.83. The summed E-state index contributed by atoms with van der Waals surface area (Å²) >= 11 is 0. The highest BCUT2D eigenvalue weighted by atomic mass is 19.1. The molecule has 72 valence electrons. The molecule has 0 heterocycles. The molecule has 0 fully saturated rings. The van der Waals surface area contributed by atoms with Crippen molar-refractivity contribution >= 4 is 5.69 Å². The third-order valence-electron chi connectivity index (χ3n) is 1.95. The topological polar surface area (TPSA) is 29.3 Å². The van der Waals surface area contributed by atoms with Gasteiger partial charge >= 0.3 is 0 Å². The van der Waals surface area contributed by atoms with Crippen molar-refractivity contribution in [1.82, 2.24) is 0 Å². The second kappa shape index (κ2) is 4.82. The van der Waals surface area contributed by atoms with Crippen LogP contribution in [0.1, 0.15) is 6.92 Å². The number of hydrogen-bond acceptors (Lipinski definition) is 2. The van der Waals surface area contributed by atoms with E-state index in [0.717, 1.165) is 18.8 Å². The summed E-state index contributed by atoms with van der Waals surface area (Å²) in [6.07, 6.45) is 0. The number of nitrogens with zero attached hydrogens (tertiary/aromatic N) is 1. The second-order valence-corrected chi connectivity index (χ2v) is 2.85. The number of benzene rings is 1. The summed E-state index contributed by atoms with van der Waals surface area (Å²) in [4.78, 5) is 2.04.